The van der Waals surface area contributed by atoms with Gasteiger partial charge in [-0.05, 0) is 12.1 Å². The molecule has 0 bridgehead atoms. The van der Waals surface area contributed by atoms with Crippen molar-refractivity contribution in [3.05, 3.63) is 30.5 Å². The average Bonchev–Trinajstić information content (AvgIpc) is 2.39. The number of para-hydroxylation sites is 1. The number of benzene rings is 1. The lowest BCUT2D eigenvalue weighted by atomic mass is 10.1. The van der Waals surface area contributed by atoms with Gasteiger partial charge in [-0.2, -0.15) is 0 Å². The van der Waals surface area contributed by atoms with Gasteiger partial charge in [0.2, 0.25) is 0 Å². The van der Waals surface area contributed by atoms with Crippen LogP contribution < -0.4 is 11.1 Å². The maximum Gasteiger partial charge on any atom is 0.0951 e. The molecule has 0 fully saturated rings. The molecule has 0 unspecified atom stereocenters. The molecule has 1 heterocycles. The maximum atomic E-state index is 5.90. The third kappa shape index (κ3) is 2.88. The van der Waals surface area contributed by atoms with Crippen LogP contribution in [0.4, 0.5) is 11.4 Å². The number of thioether (sulfide) groups is 1. The van der Waals surface area contributed by atoms with Crippen molar-refractivity contribution in [2.24, 2.45) is 0 Å². The van der Waals surface area contributed by atoms with Crippen LogP contribution in [0.1, 0.15) is 0 Å². The number of hydrogen-bond donors (Lipinski definition) is 2. The average molecular weight is 257 g/mol. The summed E-state index contributed by atoms with van der Waals surface area (Å²) >= 11 is 1.74. The number of aromatic nitrogens is 1. The normalized spacial score (nSPS) is 10.2. The Morgan fingerprint density at radius 1 is 1.39 bits per heavy atom. The number of fused-ring (bicyclic) bond motifs is 1. The monoisotopic (exact) mass is 257 g/mol. The van der Waals surface area contributed by atoms with Gasteiger partial charge >= 0.3 is 0 Å². The lowest BCUT2D eigenvalue weighted by Gasteiger charge is -2.09. The van der Waals surface area contributed by atoms with E-state index in [0.717, 1.165) is 34.6 Å². The van der Waals surface area contributed by atoms with Crippen LogP contribution in [-0.4, -0.2) is 23.0 Å². The summed E-state index contributed by atoms with van der Waals surface area (Å²) in [6.45, 7) is 0.875. The second kappa shape index (κ2) is 6.18. The second-order valence-corrected chi connectivity index (χ2v) is 4.89. The van der Waals surface area contributed by atoms with Crippen molar-refractivity contribution in [3.63, 3.8) is 0 Å². The maximum absolute atomic E-state index is 5.90. The molecule has 0 spiro atoms. The van der Waals surface area contributed by atoms with E-state index in [0.29, 0.717) is 5.69 Å². The van der Waals surface area contributed by atoms with Gasteiger partial charge in [-0.1, -0.05) is 18.1 Å². The van der Waals surface area contributed by atoms with Crippen LogP contribution in [0.5, 0.6) is 0 Å². The molecule has 18 heavy (non-hydrogen) atoms. The van der Waals surface area contributed by atoms with E-state index in [9.17, 15) is 0 Å². The van der Waals surface area contributed by atoms with Crippen LogP contribution in [0.25, 0.3) is 10.9 Å². The zero-order chi connectivity index (χ0) is 12.8. The van der Waals surface area contributed by atoms with Gasteiger partial charge in [0.15, 0.2) is 0 Å². The van der Waals surface area contributed by atoms with Gasteiger partial charge in [0.05, 0.1) is 17.0 Å². The molecule has 2 rings (SSSR count). The zero-order valence-corrected chi connectivity index (χ0v) is 10.8. The molecule has 0 saturated carbocycles. The van der Waals surface area contributed by atoms with E-state index in [1.54, 1.807) is 18.0 Å². The molecule has 1 aromatic heterocycles. The summed E-state index contributed by atoms with van der Waals surface area (Å²) in [5.74, 6) is 4.35. The molecule has 3 nitrogen and oxygen atoms in total. The predicted octanol–water partition coefficient (Wildman–Crippen LogP) is 2.60. The summed E-state index contributed by atoms with van der Waals surface area (Å²) in [6, 6.07) is 7.79. The standard InChI is InChI=1S/C14H15N3S/c1-2-9-18-10-8-16-13-6-7-17-14-11(13)4-3-5-12(14)15/h1,3-7H,8-10,15H2,(H,16,17). The van der Waals surface area contributed by atoms with Crippen molar-refractivity contribution in [2.75, 3.05) is 29.1 Å². The second-order valence-electron chi connectivity index (χ2n) is 3.79. The van der Waals surface area contributed by atoms with Gasteiger partial charge in [-0.3, -0.25) is 4.98 Å². The SMILES string of the molecule is C#CCSCCNc1ccnc2c(N)cccc12. The van der Waals surface area contributed by atoms with Gasteiger partial charge in [-0.15, -0.1) is 18.2 Å². The van der Waals surface area contributed by atoms with Crippen molar-refractivity contribution >= 4 is 34.0 Å². The van der Waals surface area contributed by atoms with Crippen LogP contribution in [0.3, 0.4) is 0 Å². The van der Waals surface area contributed by atoms with Crippen LogP contribution in [0.2, 0.25) is 0 Å². The molecule has 0 saturated heterocycles. The number of nitrogens with one attached hydrogen (secondary N) is 1. The Hall–Kier alpha value is -1.86. The number of hydrogen-bond acceptors (Lipinski definition) is 4. The first-order chi connectivity index (χ1) is 8.83. The van der Waals surface area contributed by atoms with Crippen LogP contribution in [0.15, 0.2) is 30.5 Å². The third-order valence-corrected chi connectivity index (χ3v) is 3.41. The first-order valence-corrected chi connectivity index (χ1v) is 6.86. The van der Waals surface area contributed by atoms with E-state index in [1.807, 2.05) is 24.3 Å². The minimum atomic E-state index is 0.706. The fourth-order valence-corrected chi connectivity index (χ4v) is 2.25. The third-order valence-electron chi connectivity index (χ3n) is 2.55. The molecular weight excluding hydrogens is 242 g/mol. The fraction of sp³-hybridized carbons (Fsp3) is 0.214. The van der Waals surface area contributed by atoms with E-state index in [-0.39, 0.29) is 0 Å². The smallest absolute Gasteiger partial charge is 0.0951 e. The van der Waals surface area contributed by atoms with Crippen molar-refractivity contribution in [2.45, 2.75) is 0 Å². The van der Waals surface area contributed by atoms with E-state index in [1.165, 1.54) is 0 Å². The molecule has 0 aliphatic carbocycles. The molecular formula is C14H15N3S. The Labute approximate surface area is 111 Å². The Balaban J connectivity index is 2.09. The van der Waals surface area contributed by atoms with Crippen molar-refractivity contribution in [1.29, 1.82) is 0 Å². The lowest BCUT2D eigenvalue weighted by Crippen LogP contribution is -2.05. The number of terminal acetylenes is 1. The summed E-state index contributed by atoms with van der Waals surface area (Å²) in [4.78, 5) is 4.30. The van der Waals surface area contributed by atoms with Gasteiger partial charge in [-0.25, -0.2) is 0 Å². The number of pyridine rings is 1. The topological polar surface area (TPSA) is 50.9 Å². The van der Waals surface area contributed by atoms with E-state index < -0.39 is 0 Å². The first kappa shape index (κ1) is 12.6. The Morgan fingerprint density at radius 2 is 2.28 bits per heavy atom. The highest BCUT2D eigenvalue weighted by Crippen LogP contribution is 2.25. The largest absolute Gasteiger partial charge is 0.397 e. The number of nitrogen functional groups attached to an aromatic ring is 1. The molecule has 0 aliphatic rings. The molecule has 2 aromatic rings. The summed E-state index contributed by atoms with van der Waals surface area (Å²) in [7, 11) is 0. The van der Waals surface area contributed by atoms with Gasteiger partial charge in [0.1, 0.15) is 0 Å². The van der Waals surface area contributed by atoms with Gasteiger partial charge in [0.25, 0.3) is 0 Å². The number of anilines is 2. The minimum absolute atomic E-state index is 0.706. The number of rotatable bonds is 5. The lowest BCUT2D eigenvalue weighted by molar-refractivity contribution is 1.23. The predicted molar refractivity (Wildman–Crippen MR) is 80.8 cm³/mol. The molecule has 3 N–H and O–H groups in total. The van der Waals surface area contributed by atoms with Crippen molar-refractivity contribution in [3.8, 4) is 12.3 Å². The molecule has 0 radical (unpaired) electrons. The number of nitrogens with two attached hydrogens (primary N) is 1. The van der Waals surface area contributed by atoms with Crippen LogP contribution >= 0.6 is 11.8 Å². The van der Waals surface area contributed by atoms with Crippen molar-refractivity contribution < 1.29 is 0 Å². The fourth-order valence-electron chi connectivity index (χ4n) is 1.74. The number of nitrogens with zero attached hydrogens (tertiary/aromatic N) is 1. The highest BCUT2D eigenvalue weighted by atomic mass is 32.2. The summed E-state index contributed by atoms with van der Waals surface area (Å²) in [5, 5.41) is 4.44. The summed E-state index contributed by atoms with van der Waals surface area (Å²) in [5.41, 5.74) is 8.52. The molecule has 1 aromatic carbocycles. The zero-order valence-electron chi connectivity index (χ0n) is 10.0. The van der Waals surface area contributed by atoms with Gasteiger partial charge in [0, 0.05) is 29.6 Å². The molecule has 0 aliphatic heterocycles. The van der Waals surface area contributed by atoms with E-state index >= 15 is 0 Å². The minimum Gasteiger partial charge on any atom is -0.397 e. The first-order valence-electron chi connectivity index (χ1n) is 5.71. The van der Waals surface area contributed by atoms with Gasteiger partial charge < -0.3 is 11.1 Å². The Bertz CT molecular complexity index is 575. The summed E-state index contributed by atoms with van der Waals surface area (Å²) < 4.78 is 0. The molecule has 92 valence electrons. The van der Waals surface area contributed by atoms with Crippen molar-refractivity contribution in [1.82, 2.24) is 4.98 Å². The van der Waals surface area contributed by atoms with Crippen LogP contribution in [-0.2, 0) is 0 Å². The molecule has 4 heteroatoms. The molecule has 0 amide bonds. The Kier molecular flexibility index (Phi) is 4.32. The van der Waals surface area contributed by atoms with E-state index in [2.05, 4.69) is 16.2 Å². The quantitative estimate of drug-likeness (QED) is 0.491. The summed E-state index contributed by atoms with van der Waals surface area (Å²) in [6.07, 6.45) is 6.97. The molecule has 0 atom stereocenters. The Morgan fingerprint density at radius 3 is 3.11 bits per heavy atom. The highest BCUT2D eigenvalue weighted by molar-refractivity contribution is 7.99. The highest BCUT2D eigenvalue weighted by Gasteiger charge is 2.03. The van der Waals surface area contributed by atoms with Crippen LogP contribution in [0, 0.1) is 12.3 Å². The van der Waals surface area contributed by atoms with E-state index in [4.69, 9.17) is 12.2 Å².